The number of nitrogens with one attached hydrogen (secondary N) is 1. The van der Waals surface area contributed by atoms with Crippen LogP contribution < -0.4 is 15.8 Å². The number of thiocarbonyl (C=S) groups is 1. The summed E-state index contributed by atoms with van der Waals surface area (Å²) in [7, 11) is 1.65. The van der Waals surface area contributed by atoms with Crippen LogP contribution in [0.1, 0.15) is 29.9 Å². The van der Waals surface area contributed by atoms with E-state index >= 15 is 0 Å². The predicted octanol–water partition coefficient (Wildman–Crippen LogP) is 2.60. The first-order valence-electron chi connectivity index (χ1n) is 6.55. The van der Waals surface area contributed by atoms with Gasteiger partial charge in [0, 0.05) is 5.69 Å². The van der Waals surface area contributed by atoms with Crippen molar-refractivity contribution in [1.29, 1.82) is 0 Å². The molecule has 0 amide bonds. The van der Waals surface area contributed by atoms with Crippen molar-refractivity contribution in [3.05, 3.63) is 47.3 Å². The van der Waals surface area contributed by atoms with Gasteiger partial charge in [-0.15, -0.1) is 0 Å². The maximum atomic E-state index is 5.62. The monoisotopic (exact) mass is 302 g/mol. The molecule has 110 valence electrons. The van der Waals surface area contributed by atoms with Crippen LogP contribution >= 0.6 is 12.2 Å². The Hall–Kier alpha value is -2.21. The highest BCUT2D eigenvalue weighted by atomic mass is 32.1. The minimum atomic E-state index is 0.0527. The first-order chi connectivity index (χ1) is 9.99. The van der Waals surface area contributed by atoms with Gasteiger partial charge in [-0.05, 0) is 37.6 Å². The molecule has 0 aliphatic carbocycles. The number of aromatic nitrogens is 2. The van der Waals surface area contributed by atoms with Crippen LogP contribution in [0.2, 0.25) is 0 Å². The fourth-order valence-corrected chi connectivity index (χ4v) is 2.03. The first kappa shape index (κ1) is 15.2. The van der Waals surface area contributed by atoms with Gasteiger partial charge in [0.15, 0.2) is 0 Å². The lowest BCUT2D eigenvalue weighted by Gasteiger charge is -2.15. The van der Waals surface area contributed by atoms with E-state index in [1.54, 1.807) is 13.2 Å². The smallest absolute Gasteiger partial charge is 0.224 e. The summed E-state index contributed by atoms with van der Waals surface area (Å²) in [5.41, 5.74) is 8.12. The second-order valence-electron chi connectivity index (χ2n) is 4.72. The fraction of sp³-hybridized carbons (Fsp3) is 0.267. The van der Waals surface area contributed by atoms with E-state index < -0.39 is 0 Å². The average Bonchev–Trinajstić information content (AvgIpc) is 2.46. The zero-order valence-corrected chi connectivity index (χ0v) is 13.1. The van der Waals surface area contributed by atoms with E-state index in [0.29, 0.717) is 11.6 Å². The van der Waals surface area contributed by atoms with Gasteiger partial charge in [-0.2, -0.15) is 0 Å². The van der Waals surface area contributed by atoms with E-state index in [-0.39, 0.29) is 11.0 Å². The second kappa shape index (κ2) is 6.49. The van der Waals surface area contributed by atoms with Crippen LogP contribution in [0.25, 0.3) is 0 Å². The number of rotatable bonds is 5. The highest BCUT2D eigenvalue weighted by Crippen LogP contribution is 2.20. The molecular weight excluding hydrogens is 284 g/mol. The SMILES string of the molecule is COc1ccc(C(C)Nc2nc(C)cc(C(N)=S)n2)cc1. The highest BCUT2D eigenvalue weighted by Gasteiger charge is 2.09. The van der Waals surface area contributed by atoms with Crippen LogP contribution in [0.4, 0.5) is 5.95 Å². The number of anilines is 1. The summed E-state index contributed by atoms with van der Waals surface area (Å²) < 4.78 is 5.15. The van der Waals surface area contributed by atoms with Gasteiger partial charge in [0.05, 0.1) is 13.2 Å². The van der Waals surface area contributed by atoms with Gasteiger partial charge in [0.2, 0.25) is 5.95 Å². The average molecular weight is 302 g/mol. The normalized spacial score (nSPS) is 11.8. The molecular formula is C15H18N4OS. The van der Waals surface area contributed by atoms with E-state index in [1.807, 2.05) is 38.1 Å². The van der Waals surface area contributed by atoms with E-state index in [0.717, 1.165) is 17.0 Å². The third-order valence-electron chi connectivity index (χ3n) is 3.07. The lowest BCUT2D eigenvalue weighted by molar-refractivity contribution is 0.414. The summed E-state index contributed by atoms with van der Waals surface area (Å²) in [5, 5.41) is 3.25. The van der Waals surface area contributed by atoms with Gasteiger partial charge >= 0.3 is 0 Å². The van der Waals surface area contributed by atoms with Crippen molar-refractivity contribution in [2.24, 2.45) is 5.73 Å². The van der Waals surface area contributed by atoms with Crippen LogP contribution in [-0.2, 0) is 0 Å². The maximum Gasteiger partial charge on any atom is 0.224 e. The topological polar surface area (TPSA) is 73.1 Å². The summed E-state index contributed by atoms with van der Waals surface area (Å²) in [6.07, 6.45) is 0. The molecule has 0 fully saturated rings. The molecule has 1 aromatic carbocycles. The zero-order valence-electron chi connectivity index (χ0n) is 12.3. The van der Waals surface area contributed by atoms with E-state index in [9.17, 15) is 0 Å². The molecule has 1 unspecified atom stereocenters. The number of nitrogens with zero attached hydrogens (tertiary/aromatic N) is 2. The zero-order chi connectivity index (χ0) is 15.4. The Bertz CT molecular complexity index is 643. The van der Waals surface area contributed by atoms with Gasteiger partial charge in [-0.3, -0.25) is 0 Å². The van der Waals surface area contributed by atoms with Gasteiger partial charge < -0.3 is 15.8 Å². The predicted molar refractivity (Wildman–Crippen MR) is 87.7 cm³/mol. The molecule has 0 aliphatic heterocycles. The molecule has 0 aliphatic rings. The van der Waals surface area contributed by atoms with Crippen molar-refractivity contribution in [3.8, 4) is 5.75 Å². The molecule has 1 heterocycles. The molecule has 3 N–H and O–H groups in total. The standard InChI is InChI=1S/C15H18N4OS/c1-9-8-13(14(16)21)19-15(17-9)18-10(2)11-4-6-12(20-3)7-5-11/h4-8,10H,1-3H3,(H2,16,21)(H,17,18,19). The van der Waals surface area contributed by atoms with Gasteiger partial charge in [-0.25, -0.2) is 9.97 Å². The van der Waals surface area contributed by atoms with Gasteiger partial charge in [0.1, 0.15) is 16.4 Å². The van der Waals surface area contributed by atoms with Crippen molar-refractivity contribution in [1.82, 2.24) is 9.97 Å². The van der Waals surface area contributed by atoms with Crippen molar-refractivity contribution in [3.63, 3.8) is 0 Å². The van der Waals surface area contributed by atoms with Crippen LogP contribution in [0.15, 0.2) is 30.3 Å². The number of methoxy groups -OCH3 is 1. The Balaban J connectivity index is 2.18. The van der Waals surface area contributed by atoms with Crippen LogP contribution in [-0.4, -0.2) is 22.1 Å². The largest absolute Gasteiger partial charge is 0.497 e. The van der Waals surface area contributed by atoms with Gasteiger partial charge in [-0.1, -0.05) is 24.4 Å². The Morgan fingerprint density at radius 1 is 1.29 bits per heavy atom. The minimum Gasteiger partial charge on any atom is -0.497 e. The Morgan fingerprint density at radius 3 is 2.52 bits per heavy atom. The van der Waals surface area contributed by atoms with E-state index in [2.05, 4.69) is 15.3 Å². The third kappa shape index (κ3) is 3.88. The number of ether oxygens (including phenoxy) is 1. The molecule has 5 nitrogen and oxygen atoms in total. The molecule has 0 saturated carbocycles. The Morgan fingerprint density at radius 2 is 1.95 bits per heavy atom. The summed E-state index contributed by atoms with van der Waals surface area (Å²) in [4.78, 5) is 8.94. The molecule has 0 radical (unpaired) electrons. The van der Waals surface area contributed by atoms with Crippen molar-refractivity contribution >= 4 is 23.2 Å². The molecule has 1 atom stereocenters. The van der Waals surface area contributed by atoms with Crippen LogP contribution in [0.5, 0.6) is 5.75 Å². The van der Waals surface area contributed by atoms with E-state index in [1.165, 1.54) is 0 Å². The third-order valence-corrected chi connectivity index (χ3v) is 3.28. The molecule has 2 aromatic rings. The van der Waals surface area contributed by atoms with Crippen molar-refractivity contribution < 1.29 is 4.74 Å². The number of hydrogen-bond donors (Lipinski definition) is 2. The summed E-state index contributed by atoms with van der Waals surface area (Å²) in [6.45, 7) is 3.92. The summed E-state index contributed by atoms with van der Waals surface area (Å²) in [5.74, 6) is 1.34. The lowest BCUT2D eigenvalue weighted by Crippen LogP contribution is -2.16. The number of benzene rings is 1. The number of aryl methyl sites for hydroxylation is 1. The van der Waals surface area contributed by atoms with Crippen molar-refractivity contribution in [2.75, 3.05) is 12.4 Å². The summed E-state index contributed by atoms with van der Waals surface area (Å²) >= 11 is 4.96. The number of nitrogens with two attached hydrogens (primary N) is 1. The number of hydrogen-bond acceptors (Lipinski definition) is 5. The summed E-state index contributed by atoms with van der Waals surface area (Å²) in [6, 6.07) is 9.67. The van der Waals surface area contributed by atoms with Crippen LogP contribution in [0.3, 0.4) is 0 Å². The minimum absolute atomic E-state index is 0.0527. The Kier molecular flexibility index (Phi) is 4.70. The molecule has 0 spiro atoms. The molecule has 2 rings (SSSR count). The lowest BCUT2D eigenvalue weighted by atomic mass is 10.1. The Labute approximate surface area is 129 Å². The maximum absolute atomic E-state index is 5.62. The molecule has 1 aromatic heterocycles. The second-order valence-corrected chi connectivity index (χ2v) is 5.16. The fourth-order valence-electron chi connectivity index (χ4n) is 1.93. The van der Waals surface area contributed by atoms with Gasteiger partial charge in [0.25, 0.3) is 0 Å². The van der Waals surface area contributed by atoms with E-state index in [4.69, 9.17) is 22.7 Å². The molecule has 0 bridgehead atoms. The molecule has 6 heteroatoms. The molecule has 21 heavy (non-hydrogen) atoms. The quantitative estimate of drug-likeness (QED) is 0.827. The highest BCUT2D eigenvalue weighted by molar-refractivity contribution is 7.80. The first-order valence-corrected chi connectivity index (χ1v) is 6.96. The van der Waals surface area contributed by atoms with Crippen LogP contribution in [0, 0.1) is 6.92 Å². The molecule has 0 saturated heterocycles. The van der Waals surface area contributed by atoms with Crippen molar-refractivity contribution in [2.45, 2.75) is 19.9 Å².